The number of hydrazine groups is 1. The van der Waals surface area contributed by atoms with E-state index in [-0.39, 0.29) is 5.91 Å². The molecule has 0 radical (unpaired) electrons. The Hall–Kier alpha value is -1.85. The molecule has 90 valence electrons. The van der Waals surface area contributed by atoms with E-state index >= 15 is 0 Å². The molecule has 1 unspecified atom stereocenters. The summed E-state index contributed by atoms with van der Waals surface area (Å²) in [7, 11) is 1.64. The summed E-state index contributed by atoms with van der Waals surface area (Å²) in [6.45, 7) is 0. The third kappa shape index (κ3) is 2.46. The first-order chi connectivity index (χ1) is 8.22. The van der Waals surface area contributed by atoms with Gasteiger partial charge in [-0.15, -0.1) is 0 Å². The number of amides is 1. The van der Waals surface area contributed by atoms with Gasteiger partial charge in [0.25, 0.3) is 5.91 Å². The van der Waals surface area contributed by atoms with Crippen LogP contribution in [0.5, 0.6) is 0 Å². The maximum Gasteiger partial charge on any atom is 0.251 e. The van der Waals surface area contributed by atoms with Gasteiger partial charge in [-0.3, -0.25) is 10.2 Å². The minimum Gasteiger partial charge on any atom is -0.361 e. The first-order valence-corrected chi connectivity index (χ1v) is 5.49. The number of aromatic amines is 1. The Morgan fingerprint density at radius 3 is 3.00 bits per heavy atom. The largest absolute Gasteiger partial charge is 0.361 e. The summed E-state index contributed by atoms with van der Waals surface area (Å²) in [4.78, 5) is 14.7. The Kier molecular flexibility index (Phi) is 3.41. The highest BCUT2D eigenvalue weighted by Crippen LogP contribution is 2.18. The van der Waals surface area contributed by atoms with Crippen molar-refractivity contribution in [2.24, 2.45) is 5.73 Å². The number of hydrogen-bond acceptors (Lipinski definition) is 3. The summed E-state index contributed by atoms with van der Waals surface area (Å²) in [6, 6.07) is 7.40. The van der Waals surface area contributed by atoms with Crippen molar-refractivity contribution in [2.45, 2.75) is 12.5 Å². The van der Waals surface area contributed by atoms with Crippen molar-refractivity contribution in [3.63, 3.8) is 0 Å². The SMILES string of the molecule is CNNC(=O)C(N)Cc1c[nH]c2ccccc12. The van der Waals surface area contributed by atoms with Gasteiger partial charge in [0, 0.05) is 24.1 Å². The molecule has 1 aromatic heterocycles. The van der Waals surface area contributed by atoms with Crippen molar-refractivity contribution >= 4 is 16.8 Å². The predicted octanol–water partition coefficient (Wildman–Crippen LogP) is 0.288. The van der Waals surface area contributed by atoms with Crippen molar-refractivity contribution in [2.75, 3.05) is 7.05 Å². The van der Waals surface area contributed by atoms with Crippen LogP contribution in [0, 0.1) is 0 Å². The van der Waals surface area contributed by atoms with Crippen LogP contribution in [0.25, 0.3) is 10.9 Å². The molecule has 0 aliphatic rings. The molecule has 1 atom stereocenters. The van der Waals surface area contributed by atoms with Crippen LogP contribution in [-0.4, -0.2) is 24.0 Å². The van der Waals surface area contributed by atoms with Gasteiger partial charge in [0.05, 0.1) is 6.04 Å². The summed E-state index contributed by atoms with van der Waals surface area (Å²) in [5.41, 5.74) is 13.0. The lowest BCUT2D eigenvalue weighted by atomic mass is 10.1. The monoisotopic (exact) mass is 232 g/mol. The summed E-state index contributed by atoms with van der Waals surface area (Å²) in [5.74, 6) is -0.210. The number of carbonyl (C=O) groups is 1. The second-order valence-electron chi connectivity index (χ2n) is 3.91. The van der Waals surface area contributed by atoms with Gasteiger partial charge in [-0.1, -0.05) is 18.2 Å². The number of nitrogens with two attached hydrogens (primary N) is 1. The molecule has 5 heteroatoms. The molecule has 1 amide bonds. The number of H-pyrrole nitrogens is 1. The highest BCUT2D eigenvalue weighted by Gasteiger charge is 2.15. The molecular formula is C12H16N4O. The average molecular weight is 232 g/mol. The molecule has 0 aliphatic heterocycles. The number of nitrogens with one attached hydrogen (secondary N) is 3. The zero-order valence-corrected chi connectivity index (χ0v) is 9.66. The smallest absolute Gasteiger partial charge is 0.251 e. The Morgan fingerprint density at radius 1 is 1.47 bits per heavy atom. The fourth-order valence-electron chi connectivity index (χ4n) is 1.85. The molecule has 0 saturated heterocycles. The van der Waals surface area contributed by atoms with Gasteiger partial charge in [-0.05, 0) is 18.1 Å². The van der Waals surface area contributed by atoms with Crippen LogP contribution in [0.1, 0.15) is 5.56 Å². The van der Waals surface area contributed by atoms with Crippen LogP contribution < -0.4 is 16.6 Å². The minimum atomic E-state index is -0.554. The maximum absolute atomic E-state index is 11.5. The number of aromatic nitrogens is 1. The topological polar surface area (TPSA) is 82.9 Å². The van der Waals surface area contributed by atoms with Crippen molar-refractivity contribution in [1.82, 2.24) is 15.8 Å². The normalized spacial score (nSPS) is 12.6. The molecular weight excluding hydrogens is 216 g/mol. The number of rotatable bonds is 4. The van der Waals surface area contributed by atoms with Gasteiger partial charge in [0.2, 0.25) is 0 Å². The quantitative estimate of drug-likeness (QED) is 0.572. The van der Waals surface area contributed by atoms with E-state index in [4.69, 9.17) is 5.73 Å². The molecule has 2 rings (SSSR count). The van der Waals surface area contributed by atoms with Crippen molar-refractivity contribution in [3.05, 3.63) is 36.0 Å². The second-order valence-corrected chi connectivity index (χ2v) is 3.91. The van der Waals surface area contributed by atoms with Crippen LogP contribution in [0.4, 0.5) is 0 Å². The van der Waals surface area contributed by atoms with Crippen molar-refractivity contribution in [3.8, 4) is 0 Å². The third-order valence-corrected chi connectivity index (χ3v) is 2.70. The van der Waals surface area contributed by atoms with Crippen LogP contribution in [0.15, 0.2) is 30.5 Å². The van der Waals surface area contributed by atoms with E-state index in [1.54, 1.807) is 7.05 Å². The standard InChI is InChI=1S/C12H16N4O/c1-14-16-12(17)10(13)6-8-7-15-11-5-3-2-4-9(8)11/h2-5,7,10,14-15H,6,13H2,1H3,(H,16,17). The van der Waals surface area contributed by atoms with E-state index in [0.29, 0.717) is 6.42 Å². The van der Waals surface area contributed by atoms with Gasteiger partial charge in [0.1, 0.15) is 0 Å². The van der Waals surface area contributed by atoms with E-state index < -0.39 is 6.04 Å². The predicted molar refractivity (Wildman–Crippen MR) is 67.2 cm³/mol. The number of fused-ring (bicyclic) bond motifs is 1. The van der Waals surface area contributed by atoms with E-state index in [9.17, 15) is 4.79 Å². The van der Waals surface area contributed by atoms with Gasteiger partial charge in [0.15, 0.2) is 0 Å². The molecule has 1 aromatic carbocycles. The summed E-state index contributed by atoms with van der Waals surface area (Å²) >= 11 is 0. The van der Waals surface area contributed by atoms with E-state index in [2.05, 4.69) is 15.8 Å². The highest BCUT2D eigenvalue weighted by atomic mass is 16.2. The highest BCUT2D eigenvalue weighted by molar-refractivity contribution is 5.85. The zero-order valence-electron chi connectivity index (χ0n) is 9.66. The first-order valence-electron chi connectivity index (χ1n) is 5.49. The Labute approximate surface area is 99.4 Å². The van der Waals surface area contributed by atoms with Crippen molar-refractivity contribution < 1.29 is 4.79 Å². The molecule has 0 aliphatic carbocycles. The number of para-hydroxylation sites is 1. The lowest BCUT2D eigenvalue weighted by Crippen LogP contribution is -2.46. The molecule has 0 fully saturated rings. The lowest BCUT2D eigenvalue weighted by Gasteiger charge is -2.10. The van der Waals surface area contributed by atoms with Gasteiger partial charge in [-0.2, -0.15) is 0 Å². The zero-order chi connectivity index (χ0) is 12.3. The lowest BCUT2D eigenvalue weighted by molar-refractivity contribution is -0.123. The molecule has 0 spiro atoms. The molecule has 2 aromatic rings. The summed E-state index contributed by atoms with van der Waals surface area (Å²) < 4.78 is 0. The minimum absolute atomic E-state index is 0.210. The summed E-state index contributed by atoms with van der Waals surface area (Å²) in [6.07, 6.45) is 2.41. The third-order valence-electron chi connectivity index (χ3n) is 2.70. The molecule has 0 bridgehead atoms. The molecule has 1 heterocycles. The molecule has 17 heavy (non-hydrogen) atoms. The van der Waals surface area contributed by atoms with E-state index in [1.165, 1.54) is 0 Å². The van der Waals surface area contributed by atoms with Gasteiger partial charge < -0.3 is 10.7 Å². The fourth-order valence-corrected chi connectivity index (χ4v) is 1.85. The second kappa shape index (κ2) is 4.99. The van der Waals surface area contributed by atoms with Crippen LogP contribution in [0.3, 0.4) is 0 Å². The number of benzene rings is 1. The van der Waals surface area contributed by atoms with Crippen LogP contribution >= 0.6 is 0 Å². The fraction of sp³-hybridized carbons (Fsp3) is 0.250. The first kappa shape index (κ1) is 11.6. The molecule has 5 N–H and O–H groups in total. The van der Waals surface area contributed by atoms with Gasteiger partial charge >= 0.3 is 0 Å². The van der Waals surface area contributed by atoms with Gasteiger partial charge in [-0.25, -0.2) is 5.43 Å². The van der Waals surface area contributed by atoms with E-state index in [0.717, 1.165) is 16.5 Å². The Balaban J connectivity index is 2.16. The maximum atomic E-state index is 11.5. The molecule has 5 nitrogen and oxygen atoms in total. The van der Waals surface area contributed by atoms with Crippen LogP contribution in [0.2, 0.25) is 0 Å². The average Bonchev–Trinajstić information content (AvgIpc) is 2.73. The van der Waals surface area contributed by atoms with Crippen molar-refractivity contribution in [1.29, 1.82) is 0 Å². The Morgan fingerprint density at radius 2 is 2.24 bits per heavy atom. The molecule has 0 saturated carbocycles. The number of carbonyl (C=O) groups excluding carboxylic acids is 1. The summed E-state index contributed by atoms with van der Waals surface area (Å²) in [5, 5.41) is 1.11. The number of hydrogen-bond donors (Lipinski definition) is 4. The van der Waals surface area contributed by atoms with E-state index in [1.807, 2.05) is 30.5 Å². The Bertz CT molecular complexity index is 520. The van der Waals surface area contributed by atoms with Crippen LogP contribution in [-0.2, 0) is 11.2 Å².